The van der Waals surface area contributed by atoms with E-state index < -0.39 is 0 Å². The Labute approximate surface area is 200 Å². The molecule has 2 aliphatic rings. The number of anilines is 1. The zero-order valence-electron chi connectivity index (χ0n) is 19.2. The molecule has 4 heterocycles. The maximum absolute atomic E-state index is 5.56. The molecule has 3 aromatic rings. The second-order valence-electron chi connectivity index (χ2n) is 8.56. The van der Waals surface area contributed by atoms with Gasteiger partial charge in [0, 0.05) is 18.0 Å². The molecule has 1 aromatic carbocycles. The van der Waals surface area contributed by atoms with Crippen LogP contribution in [0.4, 0.5) is 5.82 Å². The highest BCUT2D eigenvalue weighted by Crippen LogP contribution is 2.39. The first-order chi connectivity index (χ1) is 15.1. The van der Waals surface area contributed by atoms with E-state index in [0.717, 1.165) is 67.1 Å². The van der Waals surface area contributed by atoms with Crippen LogP contribution in [0.15, 0.2) is 12.1 Å². The third kappa shape index (κ3) is 4.14. The van der Waals surface area contributed by atoms with Gasteiger partial charge in [-0.15, -0.1) is 23.7 Å². The third-order valence-corrected chi connectivity index (χ3v) is 7.74. The molecule has 2 aliphatic heterocycles. The number of aromatic nitrogens is 2. The second kappa shape index (κ2) is 9.41. The SMILES string of the molecule is COc1cc2c(cc1OC)CN(c1nc(CN3CCCC3)nc3sc(C)c(C)c13)CC2.Cl. The first kappa shape index (κ1) is 23.1. The number of likely N-dealkylation sites (tertiary alicyclic amines) is 1. The van der Waals surface area contributed by atoms with Gasteiger partial charge in [0.15, 0.2) is 11.5 Å². The van der Waals surface area contributed by atoms with Gasteiger partial charge in [0.1, 0.15) is 16.5 Å². The van der Waals surface area contributed by atoms with Gasteiger partial charge in [0.2, 0.25) is 0 Å². The molecule has 0 atom stereocenters. The highest BCUT2D eigenvalue weighted by atomic mass is 35.5. The maximum atomic E-state index is 5.56. The second-order valence-corrected chi connectivity index (χ2v) is 9.76. The lowest BCUT2D eigenvalue weighted by molar-refractivity contribution is 0.323. The van der Waals surface area contributed by atoms with Crippen LogP contribution in [-0.4, -0.2) is 48.7 Å². The van der Waals surface area contributed by atoms with Crippen LogP contribution in [0.1, 0.15) is 40.2 Å². The van der Waals surface area contributed by atoms with Gasteiger partial charge in [-0.1, -0.05) is 0 Å². The normalized spacial score (nSPS) is 16.2. The minimum absolute atomic E-state index is 0. The molecule has 0 aliphatic carbocycles. The van der Waals surface area contributed by atoms with E-state index in [-0.39, 0.29) is 12.4 Å². The van der Waals surface area contributed by atoms with Gasteiger partial charge in [-0.2, -0.15) is 0 Å². The standard InChI is InChI=1S/C24H30N4O2S.ClH/c1-15-16(2)31-24-22(15)23(25-21(26-24)14-27-8-5-6-9-27)28-10-7-17-11-19(29-3)20(30-4)12-18(17)13-28;/h11-12H,5-10,13-14H2,1-4H3;1H. The zero-order chi connectivity index (χ0) is 21.5. The molecule has 0 amide bonds. The Kier molecular flexibility index (Phi) is 6.79. The summed E-state index contributed by atoms with van der Waals surface area (Å²) >= 11 is 1.79. The lowest BCUT2D eigenvalue weighted by atomic mass is 9.98. The van der Waals surface area contributed by atoms with Crippen molar-refractivity contribution in [1.82, 2.24) is 14.9 Å². The minimum atomic E-state index is 0. The summed E-state index contributed by atoms with van der Waals surface area (Å²) in [7, 11) is 3.39. The van der Waals surface area contributed by atoms with Crippen LogP contribution in [0.3, 0.4) is 0 Å². The van der Waals surface area contributed by atoms with E-state index in [1.54, 1.807) is 25.6 Å². The predicted octanol–water partition coefficient (Wildman–Crippen LogP) is 4.91. The molecule has 1 fully saturated rings. The summed E-state index contributed by atoms with van der Waals surface area (Å²) in [5.74, 6) is 3.62. The molecular formula is C24H31ClN4O2S. The molecule has 0 unspecified atom stereocenters. The molecule has 0 N–H and O–H groups in total. The average molecular weight is 475 g/mol. The Bertz CT molecular complexity index is 1130. The number of aryl methyl sites for hydroxylation is 2. The molecule has 1 saturated heterocycles. The van der Waals surface area contributed by atoms with Crippen LogP contribution < -0.4 is 14.4 Å². The number of ether oxygens (including phenoxy) is 2. The van der Waals surface area contributed by atoms with Crippen molar-refractivity contribution in [3.8, 4) is 11.5 Å². The third-order valence-electron chi connectivity index (χ3n) is 6.64. The van der Waals surface area contributed by atoms with E-state index in [9.17, 15) is 0 Å². The molecule has 0 bridgehead atoms. The van der Waals surface area contributed by atoms with Crippen LogP contribution in [0, 0.1) is 13.8 Å². The lowest BCUT2D eigenvalue weighted by Gasteiger charge is -2.31. The van der Waals surface area contributed by atoms with E-state index in [1.807, 2.05) is 0 Å². The summed E-state index contributed by atoms with van der Waals surface area (Å²) in [6, 6.07) is 4.25. The van der Waals surface area contributed by atoms with Crippen molar-refractivity contribution in [2.45, 2.75) is 46.2 Å². The topological polar surface area (TPSA) is 50.7 Å². The number of rotatable bonds is 5. The Morgan fingerprint density at radius 1 is 0.969 bits per heavy atom. The molecular weight excluding hydrogens is 444 g/mol. The summed E-state index contributed by atoms with van der Waals surface area (Å²) in [5.41, 5.74) is 3.91. The van der Waals surface area contributed by atoms with Crippen LogP contribution in [0.5, 0.6) is 11.5 Å². The summed E-state index contributed by atoms with van der Waals surface area (Å²) in [5, 5.41) is 1.22. The summed E-state index contributed by atoms with van der Waals surface area (Å²) in [6.45, 7) is 9.29. The number of hydrogen-bond donors (Lipinski definition) is 0. The molecule has 0 spiro atoms. The largest absolute Gasteiger partial charge is 0.493 e. The van der Waals surface area contributed by atoms with Crippen molar-refractivity contribution in [3.05, 3.63) is 39.5 Å². The lowest BCUT2D eigenvalue weighted by Crippen LogP contribution is -2.32. The van der Waals surface area contributed by atoms with Gasteiger partial charge >= 0.3 is 0 Å². The minimum Gasteiger partial charge on any atom is -0.493 e. The van der Waals surface area contributed by atoms with Crippen LogP contribution in [0.2, 0.25) is 0 Å². The number of methoxy groups -OCH3 is 2. The van der Waals surface area contributed by atoms with Gasteiger partial charge < -0.3 is 14.4 Å². The van der Waals surface area contributed by atoms with Gasteiger partial charge in [-0.25, -0.2) is 9.97 Å². The van der Waals surface area contributed by atoms with Crippen molar-refractivity contribution < 1.29 is 9.47 Å². The van der Waals surface area contributed by atoms with E-state index in [2.05, 4.69) is 35.8 Å². The number of benzene rings is 1. The highest BCUT2D eigenvalue weighted by molar-refractivity contribution is 7.18. The summed E-state index contributed by atoms with van der Waals surface area (Å²) in [4.78, 5) is 17.4. The summed E-state index contributed by atoms with van der Waals surface area (Å²) < 4.78 is 11.1. The number of halogens is 1. The van der Waals surface area contributed by atoms with E-state index >= 15 is 0 Å². The Balaban J connectivity index is 0.00000245. The van der Waals surface area contributed by atoms with E-state index in [0.29, 0.717) is 0 Å². The van der Waals surface area contributed by atoms with Crippen molar-refractivity contribution in [2.75, 3.05) is 38.8 Å². The molecule has 172 valence electrons. The maximum Gasteiger partial charge on any atom is 0.161 e. The fourth-order valence-electron chi connectivity index (χ4n) is 4.78. The predicted molar refractivity (Wildman–Crippen MR) is 133 cm³/mol. The fourth-order valence-corrected chi connectivity index (χ4v) is 5.82. The molecule has 8 heteroatoms. The molecule has 0 radical (unpaired) electrons. The monoisotopic (exact) mass is 474 g/mol. The van der Waals surface area contributed by atoms with Crippen molar-refractivity contribution >= 4 is 39.8 Å². The first-order valence-corrected chi connectivity index (χ1v) is 11.9. The van der Waals surface area contributed by atoms with Crippen LogP contribution in [0.25, 0.3) is 10.2 Å². The molecule has 32 heavy (non-hydrogen) atoms. The Morgan fingerprint density at radius 3 is 2.34 bits per heavy atom. The highest BCUT2D eigenvalue weighted by Gasteiger charge is 2.25. The first-order valence-electron chi connectivity index (χ1n) is 11.0. The van der Waals surface area contributed by atoms with Crippen molar-refractivity contribution in [2.24, 2.45) is 0 Å². The molecule has 0 saturated carbocycles. The van der Waals surface area contributed by atoms with Gasteiger partial charge in [0.25, 0.3) is 0 Å². The Hall–Kier alpha value is -2.09. The molecule has 6 nitrogen and oxygen atoms in total. The van der Waals surface area contributed by atoms with Gasteiger partial charge in [-0.3, -0.25) is 4.90 Å². The number of hydrogen-bond acceptors (Lipinski definition) is 7. The van der Waals surface area contributed by atoms with Gasteiger partial charge in [0.05, 0.1) is 26.2 Å². The van der Waals surface area contributed by atoms with Crippen molar-refractivity contribution in [3.63, 3.8) is 0 Å². The van der Waals surface area contributed by atoms with E-state index in [1.165, 1.54) is 39.8 Å². The number of fused-ring (bicyclic) bond motifs is 2. The Morgan fingerprint density at radius 2 is 1.66 bits per heavy atom. The fraction of sp³-hybridized carbons (Fsp3) is 0.500. The summed E-state index contributed by atoms with van der Waals surface area (Å²) in [6.07, 6.45) is 3.52. The van der Waals surface area contributed by atoms with E-state index in [4.69, 9.17) is 19.4 Å². The average Bonchev–Trinajstić information content (AvgIpc) is 3.39. The van der Waals surface area contributed by atoms with Gasteiger partial charge in [-0.05, 0) is 75.0 Å². The number of thiophene rings is 1. The molecule has 5 rings (SSSR count). The quantitative estimate of drug-likeness (QED) is 0.524. The molecule has 2 aromatic heterocycles. The van der Waals surface area contributed by atoms with Crippen molar-refractivity contribution in [1.29, 1.82) is 0 Å². The van der Waals surface area contributed by atoms with Crippen LogP contribution in [-0.2, 0) is 19.5 Å². The smallest absolute Gasteiger partial charge is 0.161 e. The number of nitrogens with zero attached hydrogens (tertiary/aromatic N) is 4. The van der Waals surface area contributed by atoms with Crippen LogP contribution >= 0.6 is 23.7 Å². The zero-order valence-corrected chi connectivity index (χ0v) is 20.9.